The minimum atomic E-state index is 0.483. The first-order chi connectivity index (χ1) is 10.3. The molecule has 0 aliphatic carbocycles. The van der Waals surface area contributed by atoms with Crippen LogP contribution >= 0.6 is 0 Å². The molecule has 0 spiro atoms. The number of piperazine rings is 1. The van der Waals surface area contributed by atoms with Gasteiger partial charge < -0.3 is 15.5 Å². The standard InChI is InChI=1S/C15H16N6/c16-10-13-14(2-1-5-18-13)20-6-8-21(9-7-20)15-4-3-12(17)11-19-15/h1-5,11H,6-9,17H2. The van der Waals surface area contributed by atoms with Gasteiger partial charge in [-0.2, -0.15) is 5.26 Å². The first-order valence-corrected chi connectivity index (χ1v) is 6.84. The lowest BCUT2D eigenvalue weighted by Gasteiger charge is -2.36. The average molecular weight is 280 g/mol. The highest BCUT2D eigenvalue weighted by Crippen LogP contribution is 2.21. The highest BCUT2D eigenvalue weighted by Gasteiger charge is 2.20. The van der Waals surface area contributed by atoms with Gasteiger partial charge in [0.1, 0.15) is 11.9 Å². The Morgan fingerprint density at radius 1 is 1.05 bits per heavy atom. The van der Waals surface area contributed by atoms with Crippen molar-refractivity contribution in [1.82, 2.24) is 9.97 Å². The summed E-state index contributed by atoms with van der Waals surface area (Å²) in [5, 5.41) is 9.13. The molecule has 2 aromatic rings. The Kier molecular flexibility index (Phi) is 3.56. The lowest BCUT2D eigenvalue weighted by Crippen LogP contribution is -2.47. The van der Waals surface area contributed by atoms with E-state index in [4.69, 9.17) is 11.0 Å². The Labute approximate surface area is 123 Å². The van der Waals surface area contributed by atoms with Crippen LogP contribution in [0, 0.1) is 11.3 Å². The van der Waals surface area contributed by atoms with Gasteiger partial charge in [0.15, 0.2) is 5.69 Å². The fraction of sp³-hybridized carbons (Fsp3) is 0.267. The molecular weight excluding hydrogens is 264 g/mol. The van der Waals surface area contributed by atoms with Crippen LogP contribution in [-0.4, -0.2) is 36.1 Å². The molecule has 2 N–H and O–H groups in total. The number of anilines is 3. The van der Waals surface area contributed by atoms with Gasteiger partial charge in [0.05, 0.1) is 17.6 Å². The van der Waals surface area contributed by atoms with E-state index in [1.165, 1.54) is 0 Å². The van der Waals surface area contributed by atoms with Gasteiger partial charge in [0.2, 0.25) is 0 Å². The second-order valence-electron chi connectivity index (χ2n) is 4.91. The minimum absolute atomic E-state index is 0.483. The van der Waals surface area contributed by atoms with E-state index in [9.17, 15) is 0 Å². The summed E-state index contributed by atoms with van der Waals surface area (Å²) >= 11 is 0. The number of nitrogens with zero attached hydrogens (tertiary/aromatic N) is 5. The number of nitrogens with two attached hydrogens (primary N) is 1. The molecule has 3 heterocycles. The van der Waals surface area contributed by atoms with Crippen molar-refractivity contribution < 1.29 is 0 Å². The Bertz CT molecular complexity index is 653. The normalized spacial score (nSPS) is 14.8. The van der Waals surface area contributed by atoms with Gasteiger partial charge in [-0.3, -0.25) is 0 Å². The molecule has 2 aromatic heterocycles. The van der Waals surface area contributed by atoms with Gasteiger partial charge in [-0.25, -0.2) is 9.97 Å². The molecule has 1 saturated heterocycles. The number of hydrogen-bond donors (Lipinski definition) is 1. The largest absolute Gasteiger partial charge is 0.397 e. The number of pyridine rings is 2. The van der Waals surface area contributed by atoms with E-state index >= 15 is 0 Å². The molecule has 1 aliphatic heterocycles. The first kappa shape index (κ1) is 13.2. The Morgan fingerprint density at radius 3 is 2.48 bits per heavy atom. The van der Waals surface area contributed by atoms with E-state index in [-0.39, 0.29) is 0 Å². The fourth-order valence-corrected chi connectivity index (χ4v) is 2.50. The zero-order valence-corrected chi connectivity index (χ0v) is 11.6. The fourth-order valence-electron chi connectivity index (χ4n) is 2.50. The predicted molar refractivity (Wildman–Crippen MR) is 82.0 cm³/mol. The van der Waals surface area contributed by atoms with Crippen molar-refractivity contribution >= 4 is 17.2 Å². The van der Waals surface area contributed by atoms with Crippen LogP contribution in [0.4, 0.5) is 17.2 Å². The van der Waals surface area contributed by atoms with Crippen LogP contribution in [0.3, 0.4) is 0 Å². The molecule has 21 heavy (non-hydrogen) atoms. The van der Waals surface area contributed by atoms with Crippen molar-refractivity contribution in [2.75, 3.05) is 41.7 Å². The SMILES string of the molecule is N#Cc1ncccc1N1CCN(c2ccc(N)cn2)CC1. The van der Waals surface area contributed by atoms with Gasteiger partial charge >= 0.3 is 0 Å². The summed E-state index contributed by atoms with van der Waals surface area (Å²) in [6.45, 7) is 3.40. The Hall–Kier alpha value is -2.81. The Morgan fingerprint density at radius 2 is 1.81 bits per heavy atom. The first-order valence-electron chi connectivity index (χ1n) is 6.84. The highest BCUT2D eigenvalue weighted by molar-refractivity contribution is 5.57. The third kappa shape index (κ3) is 2.72. The van der Waals surface area contributed by atoms with Crippen LogP contribution in [0.1, 0.15) is 5.69 Å². The predicted octanol–water partition coefficient (Wildman–Crippen LogP) is 1.26. The quantitative estimate of drug-likeness (QED) is 0.891. The number of hydrogen-bond acceptors (Lipinski definition) is 6. The molecule has 0 saturated carbocycles. The van der Waals surface area contributed by atoms with Crippen molar-refractivity contribution in [2.24, 2.45) is 0 Å². The van der Waals surface area contributed by atoms with Crippen LogP contribution in [0.25, 0.3) is 0 Å². The van der Waals surface area contributed by atoms with E-state index < -0.39 is 0 Å². The summed E-state index contributed by atoms with van der Waals surface area (Å²) in [4.78, 5) is 12.9. The van der Waals surface area contributed by atoms with E-state index in [1.807, 2.05) is 24.3 Å². The van der Waals surface area contributed by atoms with Crippen LogP contribution in [0.5, 0.6) is 0 Å². The third-order valence-corrected chi connectivity index (χ3v) is 3.61. The van der Waals surface area contributed by atoms with Crippen LogP contribution in [-0.2, 0) is 0 Å². The van der Waals surface area contributed by atoms with E-state index in [2.05, 4.69) is 25.8 Å². The smallest absolute Gasteiger partial charge is 0.163 e. The second kappa shape index (κ2) is 5.67. The summed E-state index contributed by atoms with van der Waals surface area (Å²) in [7, 11) is 0. The number of nitrogen functional groups attached to an aromatic ring is 1. The third-order valence-electron chi connectivity index (χ3n) is 3.61. The van der Waals surface area contributed by atoms with Crippen LogP contribution in [0.2, 0.25) is 0 Å². The molecule has 106 valence electrons. The van der Waals surface area contributed by atoms with Crippen molar-refractivity contribution in [2.45, 2.75) is 0 Å². The van der Waals surface area contributed by atoms with Gasteiger partial charge in [0.25, 0.3) is 0 Å². The lowest BCUT2D eigenvalue weighted by atomic mass is 10.2. The highest BCUT2D eigenvalue weighted by atomic mass is 15.3. The topological polar surface area (TPSA) is 82.1 Å². The van der Waals surface area contributed by atoms with Crippen molar-refractivity contribution in [3.8, 4) is 6.07 Å². The molecular formula is C15H16N6. The number of aromatic nitrogens is 2. The molecule has 6 nitrogen and oxygen atoms in total. The van der Waals surface area contributed by atoms with Crippen LogP contribution < -0.4 is 15.5 Å². The average Bonchev–Trinajstić information content (AvgIpc) is 2.56. The Balaban J connectivity index is 1.70. The molecule has 6 heteroatoms. The molecule has 0 aromatic carbocycles. The van der Waals surface area contributed by atoms with E-state index in [0.29, 0.717) is 11.4 Å². The van der Waals surface area contributed by atoms with Gasteiger partial charge in [-0.15, -0.1) is 0 Å². The van der Waals surface area contributed by atoms with E-state index in [1.54, 1.807) is 12.4 Å². The molecule has 3 rings (SSSR count). The molecule has 0 unspecified atom stereocenters. The monoisotopic (exact) mass is 280 g/mol. The zero-order valence-electron chi connectivity index (χ0n) is 11.6. The maximum Gasteiger partial charge on any atom is 0.163 e. The zero-order chi connectivity index (χ0) is 14.7. The summed E-state index contributed by atoms with van der Waals surface area (Å²) in [6, 6.07) is 9.77. The summed E-state index contributed by atoms with van der Waals surface area (Å²) in [6.07, 6.45) is 3.33. The van der Waals surface area contributed by atoms with Crippen molar-refractivity contribution in [1.29, 1.82) is 5.26 Å². The minimum Gasteiger partial charge on any atom is -0.397 e. The maximum absolute atomic E-state index is 9.13. The number of nitriles is 1. The molecule has 0 amide bonds. The molecule has 1 aliphatic rings. The van der Waals surface area contributed by atoms with Gasteiger partial charge in [-0.05, 0) is 24.3 Å². The van der Waals surface area contributed by atoms with Crippen molar-refractivity contribution in [3.63, 3.8) is 0 Å². The van der Waals surface area contributed by atoms with E-state index in [0.717, 1.165) is 37.7 Å². The summed E-state index contributed by atoms with van der Waals surface area (Å²) < 4.78 is 0. The lowest BCUT2D eigenvalue weighted by molar-refractivity contribution is 0.646. The summed E-state index contributed by atoms with van der Waals surface area (Å²) in [5.41, 5.74) is 7.72. The molecule has 0 bridgehead atoms. The van der Waals surface area contributed by atoms with Gasteiger partial charge in [-0.1, -0.05) is 0 Å². The second-order valence-corrected chi connectivity index (χ2v) is 4.91. The van der Waals surface area contributed by atoms with Gasteiger partial charge in [0, 0.05) is 32.4 Å². The maximum atomic E-state index is 9.13. The molecule has 0 radical (unpaired) electrons. The summed E-state index contributed by atoms with van der Waals surface area (Å²) in [5.74, 6) is 0.940. The number of rotatable bonds is 2. The molecule has 0 atom stereocenters. The van der Waals surface area contributed by atoms with Crippen molar-refractivity contribution in [3.05, 3.63) is 42.4 Å². The van der Waals surface area contributed by atoms with Crippen LogP contribution in [0.15, 0.2) is 36.7 Å². The molecule has 1 fully saturated rings.